The van der Waals surface area contributed by atoms with Crippen molar-refractivity contribution in [2.24, 2.45) is 11.7 Å². The summed E-state index contributed by atoms with van der Waals surface area (Å²) < 4.78 is 0. The largest absolute Gasteiger partial charge is 0.330 e. The Morgan fingerprint density at radius 3 is 2.59 bits per heavy atom. The summed E-state index contributed by atoms with van der Waals surface area (Å²) in [5.74, 6) is 0.825. The van der Waals surface area contributed by atoms with Crippen molar-refractivity contribution < 1.29 is 0 Å². The molecule has 1 heterocycles. The zero-order chi connectivity index (χ0) is 12.3. The van der Waals surface area contributed by atoms with Gasteiger partial charge in [-0.2, -0.15) is 0 Å². The van der Waals surface area contributed by atoms with Crippen LogP contribution in [0.4, 0.5) is 0 Å². The van der Waals surface area contributed by atoms with Gasteiger partial charge in [0.05, 0.1) is 0 Å². The van der Waals surface area contributed by atoms with Crippen LogP contribution < -0.4 is 5.73 Å². The van der Waals surface area contributed by atoms with Crippen LogP contribution >= 0.6 is 0 Å². The molecule has 1 unspecified atom stereocenters. The van der Waals surface area contributed by atoms with E-state index in [1.807, 2.05) is 0 Å². The second-order valence-electron chi connectivity index (χ2n) is 5.46. The first-order valence-electron chi connectivity index (χ1n) is 6.67. The van der Waals surface area contributed by atoms with E-state index in [0.29, 0.717) is 0 Å². The Labute approximate surface area is 105 Å². The maximum atomic E-state index is 5.63. The molecule has 0 aliphatic carbocycles. The van der Waals surface area contributed by atoms with Crippen molar-refractivity contribution in [3.63, 3.8) is 0 Å². The first-order chi connectivity index (χ1) is 8.17. The number of rotatable bonds is 4. The van der Waals surface area contributed by atoms with Crippen molar-refractivity contribution in [2.45, 2.75) is 33.2 Å². The van der Waals surface area contributed by atoms with Crippen LogP contribution in [0.2, 0.25) is 0 Å². The third-order valence-corrected chi connectivity index (χ3v) is 3.63. The molecule has 0 radical (unpaired) electrons. The van der Waals surface area contributed by atoms with Crippen LogP contribution in [0.15, 0.2) is 18.2 Å². The molecule has 94 valence electrons. The zero-order valence-corrected chi connectivity index (χ0v) is 11.1. The van der Waals surface area contributed by atoms with Gasteiger partial charge in [0.2, 0.25) is 0 Å². The van der Waals surface area contributed by atoms with Gasteiger partial charge in [0.15, 0.2) is 0 Å². The fraction of sp³-hybridized carbons (Fsp3) is 0.600. The standard InChI is InChI=1S/C15H24N2/c1-12-7-13(2)9-15(8-12)11-17-6-4-14(10-17)3-5-16/h7-9,14H,3-6,10-11,16H2,1-2H3. The van der Waals surface area contributed by atoms with E-state index in [9.17, 15) is 0 Å². The number of aryl methyl sites for hydroxylation is 2. The van der Waals surface area contributed by atoms with Gasteiger partial charge in [0.25, 0.3) is 0 Å². The van der Waals surface area contributed by atoms with E-state index in [0.717, 1.165) is 19.0 Å². The molecule has 2 nitrogen and oxygen atoms in total. The summed E-state index contributed by atoms with van der Waals surface area (Å²) in [5, 5.41) is 0. The van der Waals surface area contributed by atoms with E-state index in [-0.39, 0.29) is 0 Å². The van der Waals surface area contributed by atoms with Crippen molar-refractivity contribution in [2.75, 3.05) is 19.6 Å². The first-order valence-corrected chi connectivity index (χ1v) is 6.67. The molecule has 1 aromatic carbocycles. The van der Waals surface area contributed by atoms with Crippen LogP contribution in [0.1, 0.15) is 29.5 Å². The van der Waals surface area contributed by atoms with Gasteiger partial charge in [0, 0.05) is 13.1 Å². The summed E-state index contributed by atoms with van der Waals surface area (Å²) in [6.45, 7) is 8.75. The van der Waals surface area contributed by atoms with E-state index < -0.39 is 0 Å². The highest BCUT2D eigenvalue weighted by Crippen LogP contribution is 2.21. The van der Waals surface area contributed by atoms with Crippen LogP contribution in [0.3, 0.4) is 0 Å². The molecule has 1 aliphatic heterocycles. The van der Waals surface area contributed by atoms with Gasteiger partial charge in [-0.05, 0) is 51.3 Å². The molecule has 1 aromatic rings. The molecule has 1 atom stereocenters. The van der Waals surface area contributed by atoms with Gasteiger partial charge < -0.3 is 5.73 Å². The quantitative estimate of drug-likeness (QED) is 0.864. The summed E-state index contributed by atoms with van der Waals surface area (Å²) in [7, 11) is 0. The molecule has 0 saturated carbocycles. The minimum Gasteiger partial charge on any atom is -0.330 e. The number of hydrogen-bond acceptors (Lipinski definition) is 2. The summed E-state index contributed by atoms with van der Waals surface area (Å²) in [6.07, 6.45) is 2.51. The van der Waals surface area contributed by atoms with Gasteiger partial charge in [-0.1, -0.05) is 29.3 Å². The van der Waals surface area contributed by atoms with Crippen LogP contribution in [0.25, 0.3) is 0 Å². The van der Waals surface area contributed by atoms with Crippen LogP contribution in [0.5, 0.6) is 0 Å². The lowest BCUT2D eigenvalue weighted by molar-refractivity contribution is 0.314. The third-order valence-electron chi connectivity index (χ3n) is 3.63. The smallest absolute Gasteiger partial charge is 0.0234 e. The minimum atomic E-state index is 0.825. The summed E-state index contributed by atoms with van der Waals surface area (Å²) >= 11 is 0. The van der Waals surface area contributed by atoms with Gasteiger partial charge in [-0.25, -0.2) is 0 Å². The Balaban J connectivity index is 1.93. The van der Waals surface area contributed by atoms with Gasteiger partial charge in [-0.15, -0.1) is 0 Å². The fourth-order valence-electron chi connectivity index (χ4n) is 2.95. The number of hydrogen-bond donors (Lipinski definition) is 1. The molecule has 0 aromatic heterocycles. The molecule has 1 fully saturated rings. The molecule has 17 heavy (non-hydrogen) atoms. The molecular weight excluding hydrogens is 208 g/mol. The summed E-state index contributed by atoms with van der Waals surface area (Å²) in [4.78, 5) is 2.56. The Kier molecular flexibility index (Phi) is 4.19. The van der Waals surface area contributed by atoms with E-state index >= 15 is 0 Å². The van der Waals surface area contributed by atoms with Crippen molar-refractivity contribution in [3.05, 3.63) is 34.9 Å². The monoisotopic (exact) mass is 232 g/mol. The molecule has 0 bridgehead atoms. The number of nitrogens with zero attached hydrogens (tertiary/aromatic N) is 1. The number of likely N-dealkylation sites (tertiary alicyclic amines) is 1. The van der Waals surface area contributed by atoms with Crippen LogP contribution in [-0.4, -0.2) is 24.5 Å². The average Bonchev–Trinajstić information content (AvgIpc) is 2.64. The molecule has 2 rings (SSSR count). The predicted octanol–water partition coefficient (Wildman–Crippen LogP) is 2.47. The number of nitrogens with two attached hydrogens (primary N) is 1. The second-order valence-corrected chi connectivity index (χ2v) is 5.46. The molecule has 0 amide bonds. The maximum absolute atomic E-state index is 5.63. The predicted molar refractivity (Wildman–Crippen MR) is 73.0 cm³/mol. The number of benzene rings is 1. The summed E-state index contributed by atoms with van der Waals surface area (Å²) in [5.41, 5.74) is 9.83. The van der Waals surface area contributed by atoms with Crippen molar-refractivity contribution in [1.82, 2.24) is 4.90 Å². The lowest BCUT2D eigenvalue weighted by Gasteiger charge is -2.16. The second kappa shape index (κ2) is 5.65. The first kappa shape index (κ1) is 12.6. The maximum Gasteiger partial charge on any atom is 0.0234 e. The third kappa shape index (κ3) is 3.55. The van der Waals surface area contributed by atoms with Gasteiger partial charge >= 0.3 is 0 Å². The Bertz CT molecular complexity index is 353. The highest BCUT2D eigenvalue weighted by molar-refractivity contribution is 5.28. The molecule has 1 aliphatic rings. The van der Waals surface area contributed by atoms with Gasteiger partial charge in [0.1, 0.15) is 0 Å². The summed E-state index contributed by atoms with van der Waals surface area (Å²) in [6, 6.07) is 6.86. The van der Waals surface area contributed by atoms with E-state index in [1.54, 1.807) is 0 Å². The Morgan fingerprint density at radius 1 is 1.24 bits per heavy atom. The van der Waals surface area contributed by atoms with Crippen LogP contribution in [-0.2, 0) is 6.54 Å². The average molecular weight is 232 g/mol. The van der Waals surface area contributed by atoms with Crippen LogP contribution in [0, 0.1) is 19.8 Å². The van der Waals surface area contributed by atoms with E-state index in [2.05, 4.69) is 36.9 Å². The highest BCUT2D eigenvalue weighted by Gasteiger charge is 2.21. The molecule has 2 N–H and O–H groups in total. The fourth-order valence-corrected chi connectivity index (χ4v) is 2.95. The van der Waals surface area contributed by atoms with Gasteiger partial charge in [-0.3, -0.25) is 4.90 Å². The Hall–Kier alpha value is -0.860. The lowest BCUT2D eigenvalue weighted by atomic mass is 10.1. The van der Waals surface area contributed by atoms with Crippen molar-refractivity contribution in [1.29, 1.82) is 0 Å². The van der Waals surface area contributed by atoms with E-state index in [4.69, 9.17) is 5.73 Å². The highest BCUT2D eigenvalue weighted by atomic mass is 15.1. The normalized spacial score (nSPS) is 21.0. The molecule has 1 saturated heterocycles. The molecule has 2 heteroatoms. The zero-order valence-electron chi connectivity index (χ0n) is 11.1. The lowest BCUT2D eigenvalue weighted by Crippen LogP contribution is -2.21. The van der Waals surface area contributed by atoms with Crippen molar-refractivity contribution >= 4 is 0 Å². The van der Waals surface area contributed by atoms with E-state index in [1.165, 1.54) is 42.6 Å². The molecule has 0 spiro atoms. The molecular formula is C15H24N2. The van der Waals surface area contributed by atoms with Crippen molar-refractivity contribution in [3.8, 4) is 0 Å². The topological polar surface area (TPSA) is 29.3 Å². The SMILES string of the molecule is Cc1cc(C)cc(CN2CCC(CCN)C2)c1. The minimum absolute atomic E-state index is 0.825. The Morgan fingerprint density at radius 2 is 1.94 bits per heavy atom.